The van der Waals surface area contributed by atoms with Gasteiger partial charge in [-0.15, -0.1) is 0 Å². The Labute approximate surface area is 196 Å². The fourth-order valence-electron chi connectivity index (χ4n) is 6.20. The van der Waals surface area contributed by atoms with Crippen molar-refractivity contribution in [3.8, 4) is 0 Å². The van der Waals surface area contributed by atoms with E-state index in [9.17, 15) is 0 Å². The van der Waals surface area contributed by atoms with E-state index >= 15 is 0 Å². The van der Waals surface area contributed by atoms with Crippen LogP contribution in [-0.4, -0.2) is 0 Å². The van der Waals surface area contributed by atoms with E-state index in [0.29, 0.717) is 0 Å². The van der Waals surface area contributed by atoms with Crippen LogP contribution in [0.1, 0.15) is 0 Å². The molecule has 156 valence electrons. The van der Waals surface area contributed by atoms with Gasteiger partial charge in [0.25, 0.3) is 0 Å². The number of benzene rings is 8. The summed E-state index contributed by atoms with van der Waals surface area (Å²) in [6.45, 7) is 0. The molecule has 0 spiro atoms. The van der Waals surface area contributed by atoms with Crippen molar-refractivity contribution in [2.45, 2.75) is 0 Å². The molecule has 0 radical (unpaired) electrons. The summed E-state index contributed by atoms with van der Waals surface area (Å²) >= 11 is 0. The van der Waals surface area contributed by atoms with Crippen LogP contribution in [0.2, 0.25) is 0 Å². The minimum Gasteiger partial charge on any atom is -0.0616 e. The van der Waals surface area contributed by atoms with E-state index in [1.165, 1.54) is 75.4 Å². The molecule has 0 N–H and O–H groups in total. The van der Waals surface area contributed by atoms with Gasteiger partial charge >= 0.3 is 0 Å². The number of fused-ring (bicyclic) bond motifs is 15. The molecule has 0 nitrogen and oxygen atoms in total. The number of hydrogen-bond acceptors (Lipinski definition) is 0. The highest BCUT2D eigenvalue weighted by molar-refractivity contribution is 6.41. The van der Waals surface area contributed by atoms with Gasteiger partial charge in [0.15, 0.2) is 0 Å². The molecule has 0 bridgehead atoms. The van der Waals surface area contributed by atoms with Crippen LogP contribution in [0.15, 0.2) is 121 Å². The van der Waals surface area contributed by atoms with Crippen molar-refractivity contribution < 1.29 is 0 Å². The lowest BCUT2D eigenvalue weighted by Gasteiger charge is -2.17. The van der Waals surface area contributed by atoms with Crippen LogP contribution in [0.25, 0.3) is 75.4 Å². The van der Waals surface area contributed by atoms with Gasteiger partial charge in [0, 0.05) is 0 Å². The molecular weight excluding hydrogens is 408 g/mol. The van der Waals surface area contributed by atoms with E-state index in [2.05, 4.69) is 121 Å². The van der Waals surface area contributed by atoms with Crippen LogP contribution < -0.4 is 0 Å². The Hall–Kier alpha value is -4.42. The van der Waals surface area contributed by atoms with Gasteiger partial charge in [0.2, 0.25) is 0 Å². The van der Waals surface area contributed by atoms with Crippen LogP contribution in [0.3, 0.4) is 0 Å². The second-order valence-electron chi connectivity index (χ2n) is 9.26. The Balaban J connectivity index is 1.84. The summed E-state index contributed by atoms with van der Waals surface area (Å²) < 4.78 is 0. The Morgan fingerprint density at radius 3 is 1.09 bits per heavy atom. The maximum Gasteiger partial charge on any atom is -0.000764 e. The molecule has 0 aliphatic heterocycles. The third-order valence-electron chi connectivity index (χ3n) is 7.60. The third-order valence-corrected chi connectivity index (χ3v) is 7.60. The van der Waals surface area contributed by atoms with Gasteiger partial charge in [0.05, 0.1) is 0 Å². The van der Waals surface area contributed by atoms with Crippen molar-refractivity contribution in [1.29, 1.82) is 0 Å². The molecule has 0 aliphatic rings. The Morgan fingerprint density at radius 1 is 0.206 bits per heavy atom. The maximum atomic E-state index is 2.35. The lowest BCUT2D eigenvalue weighted by Crippen LogP contribution is -1.89. The third kappa shape index (κ3) is 2.23. The highest BCUT2D eigenvalue weighted by Gasteiger charge is 2.17. The van der Waals surface area contributed by atoms with Crippen LogP contribution in [-0.2, 0) is 0 Å². The normalized spacial score (nSPS) is 12.1. The highest BCUT2D eigenvalue weighted by Crippen LogP contribution is 2.45. The van der Waals surface area contributed by atoms with Gasteiger partial charge < -0.3 is 0 Å². The quantitative estimate of drug-likeness (QED) is 0.211. The Kier molecular flexibility index (Phi) is 3.48. The Morgan fingerprint density at radius 2 is 0.529 bits per heavy atom. The van der Waals surface area contributed by atoms with Gasteiger partial charge in [-0.25, -0.2) is 0 Å². The maximum absolute atomic E-state index is 2.35. The molecule has 0 saturated carbocycles. The first-order chi connectivity index (χ1) is 16.9. The average Bonchev–Trinajstić information content (AvgIpc) is 2.92. The molecule has 0 atom stereocenters. The molecule has 0 heteroatoms. The summed E-state index contributed by atoms with van der Waals surface area (Å²) in [7, 11) is 0. The monoisotopic (exact) mass is 428 g/mol. The lowest BCUT2D eigenvalue weighted by atomic mass is 9.85. The van der Waals surface area contributed by atoms with Crippen molar-refractivity contribution in [3.63, 3.8) is 0 Å². The first-order valence-electron chi connectivity index (χ1n) is 11.9. The van der Waals surface area contributed by atoms with Crippen LogP contribution in [0, 0.1) is 0 Å². The molecule has 0 aromatic heterocycles. The van der Waals surface area contributed by atoms with E-state index in [1.807, 2.05) is 0 Å². The van der Waals surface area contributed by atoms with E-state index in [0.717, 1.165) is 0 Å². The summed E-state index contributed by atoms with van der Waals surface area (Å²) in [4.78, 5) is 0. The highest BCUT2D eigenvalue weighted by atomic mass is 14.2. The molecule has 0 heterocycles. The molecule has 34 heavy (non-hydrogen) atoms. The average molecular weight is 429 g/mol. The van der Waals surface area contributed by atoms with Crippen molar-refractivity contribution in [3.05, 3.63) is 121 Å². The van der Waals surface area contributed by atoms with Gasteiger partial charge in [-0.1, -0.05) is 121 Å². The molecule has 8 aromatic rings. The zero-order chi connectivity index (χ0) is 22.2. The SMILES string of the molecule is c1ccc2c(c1)ccc1c3ccccc3c3ccc4c5ccccc5c5ccccc5c4c3c21. The molecule has 0 fully saturated rings. The van der Waals surface area contributed by atoms with Gasteiger partial charge in [-0.2, -0.15) is 0 Å². The minimum absolute atomic E-state index is 1.29. The summed E-state index contributed by atoms with van der Waals surface area (Å²) in [5.74, 6) is 0. The predicted molar refractivity (Wildman–Crippen MR) is 149 cm³/mol. The lowest BCUT2D eigenvalue weighted by molar-refractivity contribution is 1.78. The zero-order valence-electron chi connectivity index (χ0n) is 18.5. The summed E-state index contributed by atoms with van der Waals surface area (Å²) in [6, 6.07) is 44.7. The zero-order valence-corrected chi connectivity index (χ0v) is 18.5. The van der Waals surface area contributed by atoms with E-state index < -0.39 is 0 Å². The smallest absolute Gasteiger partial charge is 0.000764 e. The van der Waals surface area contributed by atoms with Gasteiger partial charge in [0.1, 0.15) is 0 Å². The van der Waals surface area contributed by atoms with Crippen LogP contribution in [0.5, 0.6) is 0 Å². The molecule has 0 amide bonds. The van der Waals surface area contributed by atoms with Gasteiger partial charge in [-0.3, -0.25) is 0 Å². The fraction of sp³-hybridized carbons (Fsp3) is 0. The fourth-order valence-corrected chi connectivity index (χ4v) is 6.20. The summed E-state index contributed by atoms with van der Waals surface area (Å²) in [6.07, 6.45) is 0. The molecule has 8 aromatic carbocycles. The molecule has 8 rings (SSSR count). The first-order valence-corrected chi connectivity index (χ1v) is 11.9. The molecule has 0 unspecified atom stereocenters. The molecular formula is C34H20. The van der Waals surface area contributed by atoms with Crippen molar-refractivity contribution in [2.75, 3.05) is 0 Å². The number of rotatable bonds is 0. The van der Waals surface area contributed by atoms with E-state index in [1.54, 1.807) is 0 Å². The standard InChI is InChI=1S/C34H20/c1-2-10-22-21(9-1)17-18-29-26-14-5-6-15-27(26)31-20-19-30-25-13-4-3-11-23(25)24-12-7-8-16-28(24)33(30)34(31)32(22)29/h1-20H. The number of hydrogen-bond donors (Lipinski definition) is 0. The van der Waals surface area contributed by atoms with E-state index in [4.69, 9.17) is 0 Å². The van der Waals surface area contributed by atoms with Crippen molar-refractivity contribution >= 4 is 75.4 Å². The van der Waals surface area contributed by atoms with Crippen molar-refractivity contribution in [1.82, 2.24) is 0 Å². The predicted octanol–water partition coefficient (Wildman–Crippen LogP) is 9.76. The summed E-state index contributed by atoms with van der Waals surface area (Å²) in [5, 5.41) is 18.6. The molecule has 0 aliphatic carbocycles. The van der Waals surface area contributed by atoms with Crippen LogP contribution >= 0.6 is 0 Å². The largest absolute Gasteiger partial charge is 0.0616 e. The van der Waals surface area contributed by atoms with Gasteiger partial charge in [-0.05, 0) is 75.4 Å². The Bertz CT molecular complexity index is 2080. The minimum atomic E-state index is 1.29. The van der Waals surface area contributed by atoms with Crippen molar-refractivity contribution in [2.24, 2.45) is 0 Å². The topological polar surface area (TPSA) is 0 Å². The second-order valence-corrected chi connectivity index (χ2v) is 9.26. The van der Waals surface area contributed by atoms with Crippen LogP contribution in [0.4, 0.5) is 0 Å². The second kappa shape index (κ2) is 6.56. The van der Waals surface area contributed by atoms with E-state index in [-0.39, 0.29) is 0 Å². The summed E-state index contributed by atoms with van der Waals surface area (Å²) in [5.41, 5.74) is 0. The first kappa shape index (κ1) is 18.1. The molecule has 0 saturated heterocycles.